The Labute approximate surface area is 86.0 Å². The molecular formula is C9H11NO5. The molecule has 0 aliphatic carbocycles. The van der Waals surface area contributed by atoms with Crippen molar-refractivity contribution < 1.29 is 24.5 Å². The van der Waals surface area contributed by atoms with Gasteiger partial charge in [0.05, 0.1) is 0 Å². The number of carboxylic acids is 1. The number of aliphatic carboxylic acids is 1. The van der Waals surface area contributed by atoms with Crippen molar-refractivity contribution >= 4 is 11.9 Å². The van der Waals surface area contributed by atoms with Crippen LogP contribution in [0, 0.1) is 0 Å². The molecule has 0 saturated carbocycles. The van der Waals surface area contributed by atoms with Crippen LogP contribution < -0.4 is 0 Å². The van der Waals surface area contributed by atoms with E-state index < -0.39 is 18.3 Å². The lowest BCUT2D eigenvalue weighted by Gasteiger charge is -2.38. The molecule has 2 atom stereocenters. The Kier molecular flexibility index (Phi) is 2.70. The van der Waals surface area contributed by atoms with E-state index in [2.05, 4.69) is 0 Å². The topological polar surface area (TPSA) is 76.1 Å². The van der Waals surface area contributed by atoms with Crippen LogP contribution in [0.4, 0.5) is 0 Å². The van der Waals surface area contributed by atoms with Gasteiger partial charge in [-0.1, -0.05) is 0 Å². The Hall–Kier alpha value is -1.40. The highest BCUT2D eigenvalue weighted by atomic mass is 17.2. The van der Waals surface area contributed by atoms with Crippen molar-refractivity contribution in [1.82, 2.24) is 4.90 Å². The van der Waals surface area contributed by atoms with Crippen molar-refractivity contribution in [1.29, 1.82) is 0 Å². The van der Waals surface area contributed by atoms with E-state index in [0.717, 1.165) is 0 Å². The highest BCUT2D eigenvalue weighted by Crippen LogP contribution is 2.22. The maximum Gasteiger partial charge on any atom is 0.303 e. The third kappa shape index (κ3) is 2.00. The first-order valence-corrected chi connectivity index (χ1v) is 4.71. The summed E-state index contributed by atoms with van der Waals surface area (Å²) in [5.41, 5.74) is 0. The van der Waals surface area contributed by atoms with E-state index in [9.17, 15) is 9.59 Å². The summed E-state index contributed by atoms with van der Waals surface area (Å²) in [6.45, 7) is 0.375. The normalized spacial score (nSPS) is 28.5. The first kappa shape index (κ1) is 10.1. The Morgan fingerprint density at radius 2 is 2.27 bits per heavy atom. The number of fused-ring (bicyclic) bond motifs is 2. The monoisotopic (exact) mass is 213 g/mol. The average molecular weight is 213 g/mol. The van der Waals surface area contributed by atoms with Gasteiger partial charge in [0.25, 0.3) is 5.91 Å². The minimum Gasteiger partial charge on any atom is -0.481 e. The zero-order chi connectivity index (χ0) is 10.8. The van der Waals surface area contributed by atoms with Gasteiger partial charge in [-0.3, -0.25) is 9.59 Å². The largest absolute Gasteiger partial charge is 0.481 e. The molecule has 82 valence electrons. The van der Waals surface area contributed by atoms with E-state index in [1.54, 1.807) is 12.2 Å². The number of hydrogen-bond acceptors (Lipinski definition) is 4. The highest BCUT2D eigenvalue weighted by molar-refractivity contribution is 5.84. The smallest absolute Gasteiger partial charge is 0.303 e. The molecule has 3 aliphatic rings. The van der Waals surface area contributed by atoms with Crippen molar-refractivity contribution in [3.8, 4) is 0 Å². The van der Waals surface area contributed by atoms with Gasteiger partial charge in [-0.2, -0.15) is 0 Å². The van der Waals surface area contributed by atoms with E-state index in [4.69, 9.17) is 14.9 Å². The molecule has 0 aromatic rings. The van der Waals surface area contributed by atoms with Crippen molar-refractivity contribution in [2.75, 3.05) is 6.54 Å². The van der Waals surface area contributed by atoms with E-state index in [1.807, 2.05) is 0 Å². The van der Waals surface area contributed by atoms with Gasteiger partial charge in [-0.05, 0) is 18.6 Å². The Morgan fingerprint density at radius 1 is 1.47 bits per heavy atom. The summed E-state index contributed by atoms with van der Waals surface area (Å²) in [5.74, 6) is -1.03. The molecule has 0 radical (unpaired) electrons. The summed E-state index contributed by atoms with van der Waals surface area (Å²) in [5, 5.41) is 8.47. The van der Waals surface area contributed by atoms with E-state index in [0.29, 0.717) is 13.0 Å². The fourth-order valence-electron chi connectivity index (χ4n) is 1.58. The second kappa shape index (κ2) is 4.00. The lowest BCUT2D eigenvalue weighted by molar-refractivity contribution is -0.375. The molecule has 3 rings (SSSR count). The van der Waals surface area contributed by atoms with Gasteiger partial charge in [0, 0.05) is 13.0 Å². The molecule has 15 heavy (non-hydrogen) atoms. The van der Waals surface area contributed by atoms with Crippen molar-refractivity contribution in [3.63, 3.8) is 0 Å². The maximum atomic E-state index is 11.6. The molecule has 3 heterocycles. The maximum absolute atomic E-state index is 11.6. The first-order chi connectivity index (χ1) is 7.18. The molecule has 6 heteroatoms. The number of amides is 1. The van der Waals surface area contributed by atoms with Crippen LogP contribution in [0.3, 0.4) is 0 Å². The molecule has 6 nitrogen and oxygen atoms in total. The van der Waals surface area contributed by atoms with E-state index in [-0.39, 0.29) is 12.3 Å². The summed E-state index contributed by atoms with van der Waals surface area (Å²) in [7, 11) is 0. The standard InChI is InChI=1S/C9H11NO5/c11-8(12)2-1-5-10-7-4-3-6(9(10)13)14-15-7/h3-4,6-7H,1-2,5H2,(H,11,12). The molecular weight excluding hydrogens is 202 g/mol. The lowest BCUT2D eigenvalue weighted by atomic mass is 10.1. The molecule has 1 N–H and O–H groups in total. The highest BCUT2D eigenvalue weighted by Gasteiger charge is 2.38. The summed E-state index contributed by atoms with van der Waals surface area (Å²) >= 11 is 0. The van der Waals surface area contributed by atoms with Gasteiger partial charge in [-0.15, -0.1) is 0 Å². The van der Waals surface area contributed by atoms with Crippen molar-refractivity contribution in [2.24, 2.45) is 0 Å². The molecule has 0 aromatic carbocycles. The van der Waals surface area contributed by atoms with Crippen molar-refractivity contribution in [2.45, 2.75) is 25.2 Å². The molecule has 0 aromatic heterocycles. The average Bonchev–Trinajstić information content (AvgIpc) is 2.22. The number of carbonyl (C=O) groups excluding carboxylic acids is 1. The number of carboxylic acid groups (broad SMARTS) is 1. The van der Waals surface area contributed by atoms with Gasteiger partial charge >= 0.3 is 5.97 Å². The molecule has 1 amide bonds. The predicted molar refractivity (Wildman–Crippen MR) is 47.5 cm³/mol. The SMILES string of the molecule is O=C(O)CCCN1C(=O)C2C=CC1OO2. The lowest BCUT2D eigenvalue weighted by Crippen LogP contribution is -2.54. The van der Waals surface area contributed by atoms with Gasteiger partial charge in [-0.25, -0.2) is 9.78 Å². The first-order valence-electron chi connectivity index (χ1n) is 4.71. The molecule has 3 aliphatic heterocycles. The third-order valence-corrected chi connectivity index (χ3v) is 2.33. The van der Waals surface area contributed by atoms with E-state index >= 15 is 0 Å². The minimum absolute atomic E-state index is 0.0474. The molecule has 2 unspecified atom stereocenters. The van der Waals surface area contributed by atoms with Gasteiger partial charge < -0.3 is 10.0 Å². The Balaban J connectivity index is 1.90. The summed E-state index contributed by atoms with van der Waals surface area (Å²) < 4.78 is 0. The predicted octanol–water partition coefficient (Wildman–Crippen LogP) is -0.0939. The van der Waals surface area contributed by atoms with E-state index in [1.165, 1.54) is 4.90 Å². The summed E-state index contributed by atoms with van der Waals surface area (Å²) in [4.78, 5) is 33.0. The minimum atomic E-state index is -0.864. The van der Waals surface area contributed by atoms with Gasteiger partial charge in [0.15, 0.2) is 12.3 Å². The zero-order valence-electron chi connectivity index (χ0n) is 7.96. The van der Waals surface area contributed by atoms with Crippen LogP contribution in [0.2, 0.25) is 0 Å². The molecule has 0 spiro atoms. The number of rotatable bonds is 4. The fraction of sp³-hybridized carbons (Fsp3) is 0.556. The van der Waals surface area contributed by atoms with Crippen LogP contribution in [0.15, 0.2) is 12.2 Å². The van der Waals surface area contributed by atoms with Crippen LogP contribution in [0.5, 0.6) is 0 Å². The second-order valence-corrected chi connectivity index (χ2v) is 3.42. The Morgan fingerprint density at radius 3 is 2.80 bits per heavy atom. The third-order valence-electron chi connectivity index (χ3n) is 2.33. The molecule has 1 fully saturated rings. The molecule has 2 bridgehead atoms. The van der Waals surface area contributed by atoms with Gasteiger partial charge in [0.1, 0.15) is 0 Å². The van der Waals surface area contributed by atoms with Crippen LogP contribution in [-0.2, 0) is 19.4 Å². The Bertz CT molecular complexity index is 314. The number of carbonyl (C=O) groups is 2. The second-order valence-electron chi connectivity index (χ2n) is 3.42. The molecule has 1 saturated heterocycles. The summed E-state index contributed by atoms with van der Waals surface area (Å²) in [6, 6.07) is 0. The zero-order valence-corrected chi connectivity index (χ0v) is 7.96. The summed E-state index contributed by atoms with van der Waals surface area (Å²) in [6.07, 6.45) is 2.67. The van der Waals surface area contributed by atoms with Crippen molar-refractivity contribution in [3.05, 3.63) is 12.2 Å². The quantitative estimate of drug-likeness (QED) is 0.521. The fourth-order valence-corrected chi connectivity index (χ4v) is 1.58. The van der Waals surface area contributed by atoms with Crippen LogP contribution in [-0.4, -0.2) is 40.8 Å². The number of hydrogen-bond donors (Lipinski definition) is 1. The number of nitrogens with zero attached hydrogens (tertiary/aromatic N) is 1. The van der Waals surface area contributed by atoms with Crippen LogP contribution in [0.25, 0.3) is 0 Å². The van der Waals surface area contributed by atoms with Crippen LogP contribution >= 0.6 is 0 Å². The van der Waals surface area contributed by atoms with Gasteiger partial charge in [0.2, 0.25) is 0 Å². The van der Waals surface area contributed by atoms with Crippen LogP contribution in [0.1, 0.15) is 12.8 Å².